The number of nitrogens with one attached hydrogen (secondary N) is 2. The van der Waals surface area contributed by atoms with Crippen molar-refractivity contribution in [3.05, 3.63) is 11.9 Å². The molecule has 2 aliphatic rings. The number of aromatic nitrogens is 2. The van der Waals surface area contributed by atoms with Gasteiger partial charge in [0, 0.05) is 25.1 Å². The van der Waals surface area contributed by atoms with Crippen LogP contribution in [0, 0.1) is 5.92 Å². The summed E-state index contributed by atoms with van der Waals surface area (Å²) in [4.78, 5) is 9.21. The van der Waals surface area contributed by atoms with Crippen molar-refractivity contribution in [2.75, 3.05) is 17.7 Å². The Balaban J connectivity index is 1.75. The Kier molecular flexibility index (Phi) is 3.10. The number of rotatable bonds is 4. The first-order valence-corrected chi connectivity index (χ1v) is 7.08. The fourth-order valence-corrected chi connectivity index (χ4v) is 2.74. The molecule has 2 aliphatic carbocycles. The molecule has 0 bridgehead atoms. The van der Waals surface area contributed by atoms with Crippen molar-refractivity contribution in [3.63, 3.8) is 0 Å². The van der Waals surface area contributed by atoms with E-state index >= 15 is 0 Å². The average Bonchev–Trinajstić information content (AvgIpc) is 3.14. The first-order valence-electron chi connectivity index (χ1n) is 7.08. The maximum absolute atomic E-state index is 4.67. The second-order valence-corrected chi connectivity index (χ2v) is 5.78. The van der Waals surface area contributed by atoms with Crippen molar-refractivity contribution in [1.82, 2.24) is 9.97 Å². The molecule has 4 nitrogen and oxygen atoms in total. The summed E-state index contributed by atoms with van der Waals surface area (Å²) >= 11 is 0. The van der Waals surface area contributed by atoms with Crippen LogP contribution in [-0.4, -0.2) is 23.1 Å². The lowest BCUT2D eigenvalue weighted by molar-refractivity contribution is 0.602. The topological polar surface area (TPSA) is 49.8 Å². The van der Waals surface area contributed by atoms with Crippen molar-refractivity contribution < 1.29 is 0 Å². The highest BCUT2D eigenvalue weighted by molar-refractivity contribution is 5.48. The summed E-state index contributed by atoms with van der Waals surface area (Å²) in [6.07, 6.45) is 6.34. The van der Waals surface area contributed by atoms with Crippen LogP contribution in [0.1, 0.15) is 50.8 Å². The van der Waals surface area contributed by atoms with Gasteiger partial charge >= 0.3 is 0 Å². The molecule has 18 heavy (non-hydrogen) atoms. The van der Waals surface area contributed by atoms with Crippen LogP contribution in [0.15, 0.2) is 6.07 Å². The van der Waals surface area contributed by atoms with Crippen molar-refractivity contribution in [2.24, 2.45) is 5.92 Å². The van der Waals surface area contributed by atoms with Crippen LogP contribution in [0.2, 0.25) is 0 Å². The van der Waals surface area contributed by atoms with Crippen LogP contribution in [-0.2, 0) is 0 Å². The van der Waals surface area contributed by atoms with Gasteiger partial charge < -0.3 is 10.6 Å². The summed E-state index contributed by atoms with van der Waals surface area (Å²) in [5.74, 6) is 4.38. The second kappa shape index (κ2) is 4.75. The Bertz CT molecular complexity index is 428. The predicted molar refractivity (Wildman–Crippen MR) is 74.0 cm³/mol. The number of hydrogen-bond acceptors (Lipinski definition) is 4. The predicted octanol–water partition coefficient (Wildman–Crippen LogP) is 3.00. The molecule has 2 N–H and O–H groups in total. The first-order chi connectivity index (χ1) is 8.74. The van der Waals surface area contributed by atoms with Gasteiger partial charge in [0.05, 0.1) is 0 Å². The zero-order chi connectivity index (χ0) is 12.5. The highest BCUT2D eigenvalue weighted by atomic mass is 15.1. The van der Waals surface area contributed by atoms with E-state index in [1.54, 1.807) is 0 Å². The molecule has 1 aromatic rings. The molecule has 4 heteroatoms. The third-order valence-corrected chi connectivity index (χ3v) is 3.99. The van der Waals surface area contributed by atoms with Crippen LogP contribution in [0.4, 0.5) is 11.6 Å². The molecule has 0 aromatic carbocycles. The van der Waals surface area contributed by atoms with Gasteiger partial charge in [-0.05, 0) is 38.0 Å². The molecule has 2 unspecified atom stereocenters. The lowest BCUT2D eigenvalue weighted by atomic mass is 10.1. The fourth-order valence-electron chi connectivity index (χ4n) is 2.74. The van der Waals surface area contributed by atoms with E-state index in [2.05, 4.69) is 27.5 Å². The molecular weight excluding hydrogens is 224 g/mol. The van der Waals surface area contributed by atoms with Gasteiger partial charge in [-0.15, -0.1) is 0 Å². The zero-order valence-electron chi connectivity index (χ0n) is 11.2. The van der Waals surface area contributed by atoms with E-state index in [4.69, 9.17) is 0 Å². The molecule has 98 valence electrons. The van der Waals surface area contributed by atoms with Crippen LogP contribution in [0.5, 0.6) is 0 Å². The van der Waals surface area contributed by atoms with E-state index < -0.39 is 0 Å². The van der Waals surface area contributed by atoms with E-state index in [0.717, 1.165) is 23.4 Å². The minimum atomic E-state index is 0.589. The highest BCUT2D eigenvalue weighted by Crippen LogP contribution is 2.39. The van der Waals surface area contributed by atoms with Crippen LogP contribution in [0.25, 0.3) is 0 Å². The van der Waals surface area contributed by atoms with Crippen molar-refractivity contribution in [2.45, 2.75) is 51.0 Å². The van der Waals surface area contributed by atoms with Gasteiger partial charge in [0.1, 0.15) is 17.5 Å². The van der Waals surface area contributed by atoms with Gasteiger partial charge in [-0.1, -0.05) is 6.92 Å². The minimum absolute atomic E-state index is 0.589. The Labute approximate surface area is 109 Å². The van der Waals surface area contributed by atoms with E-state index in [9.17, 15) is 0 Å². The smallest absolute Gasteiger partial charge is 0.136 e. The van der Waals surface area contributed by atoms with Gasteiger partial charge in [-0.3, -0.25) is 0 Å². The van der Waals surface area contributed by atoms with Gasteiger partial charge in [-0.2, -0.15) is 0 Å². The van der Waals surface area contributed by atoms with Gasteiger partial charge in [0.2, 0.25) is 0 Å². The summed E-state index contributed by atoms with van der Waals surface area (Å²) in [5, 5.41) is 6.71. The molecule has 2 fully saturated rings. The van der Waals surface area contributed by atoms with Crippen LogP contribution < -0.4 is 10.6 Å². The number of anilines is 2. The quantitative estimate of drug-likeness (QED) is 0.857. The third kappa shape index (κ3) is 2.57. The monoisotopic (exact) mass is 246 g/mol. The Morgan fingerprint density at radius 2 is 1.89 bits per heavy atom. The maximum Gasteiger partial charge on any atom is 0.136 e. The third-order valence-electron chi connectivity index (χ3n) is 3.99. The molecule has 2 atom stereocenters. The molecule has 0 spiro atoms. The second-order valence-electron chi connectivity index (χ2n) is 5.78. The maximum atomic E-state index is 4.67. The first kappa shape index (κ1) is 11.8. The van der Waals surface area contributed by atoms with Crippen molar-refractivity contribution >= 4 is 11.6 Å². The van der Waals surface area contributed by atoms with E-state index in [0.29, 0.717) is 12.0 Å². The van der Waals surface area contributed by atoms with Crippen LogP contribution in [0.3, 0.4) is 0 Å². The fraction of sp³-hybridized carbons (Fsp3) is 0.714. The molecule has 0 radical (unpaired) electrons. The van der Waals surface area contributed by atoms with Crippen LogP contribution >= 0.6 is 0 Å². The molecule has 3 rings (SSSR count). The number of nitrogens with zero attached hydrogens (tertiary/aromatic N) is 2. The lowest BCUT2D eigenvalue weighted by Gasteiger charge is -2.14. The highest BCUT2D eigenvalue weighted by Gasteiger charge is 2.28. The normalized spacial score (nSPS) is 27.2. The summed E-state index contributed by atoms with van der Waals surface area (Å²) in [5.41, 5.74) is 0. The molecular formula is C14H22N4. The molecule has 0 aliphatic heterocycles. The summed E-state index contributed by atoms with van der Waals surface area (Å²) in [6.45, 7) is 2.33. The van der Waals surface area contributed by atoms with E-state index in [-0.39, 0.29) is 0 Å². The Morgan fingerprint density at radius 3 is 2.50 bits per heavy atom. The van der Waals surface area contributed by atoms with Gasteiger partial charge in [0.25, 0.3) is 0 Å². The van der Waals surface area contributed by atoms with E-state index in [1.807, 2.05) is 13.1 Å². The molecule has 1 heterocycles. The summed E-state index contributed by atoms with van der Waals surface area (Å²) in [6, 6.07) is 2.61. The lowest BCUT2D eigenvalue weighted by Crippen LogP contribution is -2.17. The largest absolute Gasteiger partial charge is 0.373 e. The molecule has 2 saturated carbocycles. The van der Waals surface area contributed by atoms with Crippen molar-refractivity contribution in [1.29, 1.82) is 0 Å². The van der Waals surface area contributed by atoms with Crippen molar-refractivity contribution in [3.8, 4) is 0 Å². The summed E-state index contributed by atoms with van der Waals surface area (Å²) < 4.78 is 0. The van der Waals surface area contributed by atoms with Gasteiger partial charge in [-0.25, -0.2) is 9.97 Å². The summed E-state index contributed by atoms with van der Waals surface area (Å²) in [7, 11) is 1.92. The molecule has 0 amide bonds. The van der Waals surface area contributed by atoms with Gasteiger partial charge in [0.15, 0.2) is 0 Å². The Morgan fingerprint density at radius 1 is 1.11 bits per heavy atom. The minimum Gasteiger partial charge on any atom is -0.373 e. The SMILES string of the molecule is CNc1cc(NC2CCC(C)C2)nc(C2CC2)n1. The Hall–Kier alpha value is -1.32. The number of hydrogen-bond donors (Lipinski definition) is 2. The molecule has 0 saturated heterocycles. The zero-order valence-corrected chi connectivity index (χ0v) is 11.2. The molecule has 1 aromatic heterocycles. The standard InChI is InChI=1S/C14H22N4/c1-9-3-6-11(7-9)16-13-8-12(15-2)17-14(18-13)10-4-5-10/h8-11H,3-7H2,1-2H3,(H2,15,16,17,18). The van der Waals surface area contributed by atoms with E-state index in [1.165, 1.54) is 32.1 Å². The average molecular weight is 246 g/mol.